The molecule has 0 saturated heterocycles. The Morgan fingerprint density at radius 2 is 1.62 bits per heavy atom. The van der Waals surface area contributed by atoms with Gasteiger partial charge in [-0.15, -0.1) is 4.47 Å². The zero-order valence-corrected chi connectivity index (χ0v) is 10.9. The number of rotatable bonds is 10. The average molecular weight is 249 g/mol. The average Bonchev–Trinajstić information content (AvgIpc) is 2.26. The minimum Gasteiger partial charge on any atom is -0.463 e. The fourth-order valence-corrected chi connectivity index (χ4v) is 1.52. The van der Waals surface area contributed by atoms with Crippen LogP contribution in [0, 0.1) is 0 Å². The largest absolute Gasteiger partial charge is 0.463 e. The molecule has 0 aliphatic carbocycles. The molecular formula is C11H23NO3S. The Hall–Kier alpha value is -0.420. The number of hydrogen-bond donors (Lipinski definition) is 2. The van der Waals surface area contributed by atoms with Crippen molar-refractivity contribution in [3.63, 3.8) is 0 Å². The second-order valence-corrected chi connectivity index (χ2v) is 4.23. The van der Waals surface area contributed by atoms with E-state index in [1.165, 1.54) is 38.5 Å². The van der Waals surface area contributed by atoms with Gasteiger partial charge in [-0.05, 0) is 19.2 Å². The van der Waals surface area contributed by atoms with E-state index in [1.807, 2.05) is 0 Å². The molecule has 0 aromatic carbocycles. The van der Waals surface area contributed by atoms with Crippen LogP contribution in [0.25, 0.3) is 0 Å². The number of hydrogen-bond acceptors (Lipinski definition) is 3. The first kappa shape index (κ1) is 15.6. The van der Waals surface area contributed by atoms with E-state index in [0.717, 1.165) is 12.8 Å². The molecule has 0 aliphatic heterocycles. The van der Waals surface area contributed by atoms with Gasteiger partial charge in [0, 0.05) is 0 Å². The van der Waals surface area contributed by atoms with Crippen molar-refractivity contribution in [2.75, 3.05) is 6.61 Å². The monoisotopic (exact) mass is 249 g/mol. The SMILES string of the molecule is CCCCCCCCCCON(S)C(=O)O. The Bertz CT molecular complexity index is 179. The van der Waals surface area contributed by atoms with Crippen molar-refractivity contribution in [1.82, 2.24) is 4.47 Å². The predicted molar refractivity (Wildman–Crippen MR) is 67.4 cm³/mol. The standard InChI is InChI=1S/C11H23NO3S/c1-2-3-4-5-6-7-8-9-10-15-12(16)11(13)14/h16H,2-10H2,1H3,(H,13,14). The molecule has 0 unspecified atom stereocenters. The number of amides is 1. The quantitative estimate of drug-likeness (QED) is 0.351. The third kappa shape index (κ3) is 10.1. The molecule has 0 rings (SSSR count). The maximum atomic E-state index is 10.3. The van der Waals surface area contributed by atoms with E-state index < -0.39 is 6.09 Å². The molecule has 0 atom stereocenters. The van der Waals surface area contributed by atoms with Crippen molar-refractivity contribution >= 4 is 18.9 Å². The van der Waals surface area contributed by atoms with Gasteiger partial charge in [0.15, 0.2) is 0 Å². The molecule has 1 N–H and O–H groups in total. The molecule has 0 aliphatic rings. The molecule has 16 heavy (non-hydrogen) atoms. The van der Waals surface area contributed by atoms with Gasteiger partial charge in [-0.2, -0.15) is 0 Å². The van der Waals surface area contributed by atoms with Crippen LogP contribution in [0.2, 0.25) is 0 Å². The summed E-state index contributed by atoms with van der Waals surface area (Å²) < 4.78 is 0.557. The third-order valence-electron chi connectivity index (χ3n) is 2.38. The second kappa shape index (κ2) is 11.1. The second-order valence-electron chi connectivity index (χ2n) is 3.86. The summed E-state index contributed by atoms with van der Waals surface area (Å²) in [4.78, 5) is 15.1. The lowest BCUT2D eigenvalue weighted by Crippen LogP contribution is -2.20. The van der Waals surface area contributed by atoms with Gasteiger partial charge >= 0.3 is 6.09 Å². The molecule has 0 spiro atoms. The van der Waals surface area contributed by atoms with Crippen LogP contribution in [0.1, 0.15) is 58.3 Å². The summed E-state index contributed by atoms with van der Waals surface area (Å²) in [7, 11) is 0. The van der Waals surface area contributed by atoms with Crippen molar-refractivity contribution in [3.05, 3.63) is 0 Å². The molecule has 96 valence electrons. The van der Waals surface area contributed by atoms with Gasteiger partial charge < -0.3 is 5.11 Å². The Kier molecular flexibility index (Phi) is 10.8. The van der Waals surface area contributed by atoms with E-state index in [2.05, 4.69) is 19.7 Å². The van der Waals surface area contributed by atoms with Crippen LogP contribution < -0.4 is 0 Å². The van der Waals surface area contributed by atoms with Crippen LogP contribution in [0.4, 0.5) is 4.79 Å². The van der Waals surface area contributed by atoms with Crippen LogP contribution in [-0.4, -0.2) is 22.3 Å². The van der Waals surface area contributed by atoms with E-state index in [4.69, 9.17) is 9.94 Å². The number of thiol groups is 1. The fourth-order valence-electron chi connectivity index (χ4n) is 1.44. The Morgan fingerprint density at radius 1 is 1.12 bits per heavy atom. The maximum Gasteiger partial charge on any atom is 0.442 e. The third-order valence-corrected chi connectivity index (χ3v) is 2.66. The molecule has 4 nitrogen and oxygen atoms in total. The van der Waals surface area contributed by atoms with E-state index in [1.54, 1.807) is 0 Å². The van der Waals surface area contributed by atoms with Crippen LogP contribution >= 0.6 is 12.8 Å². The number of carboxylic acid groups (broad SMARTS) is 1. The topological polar surface area (TPSA) is 49.8 Å². The summed E-state index contributed by atoms with van der Waals surface area (Å²) in [5.41, 5.74) is 0. The van der Waals surface area contributed by atoms with Crippen LogP contribution in [0.15, 0.2) is 0 Å². The fraction of sp³-hybridized carbons (Fsp3) is 0.909. The molecule has 0 heterocycles. The summed E-state index contributed by atoms with van der Waals surface area (Å²) in [6.07, 6.45) is 8.51. The molecule has 1 amide bonds. The summed E-state index contributed by atoms with van der Waals surface area (Å²) >= 11 is 3.62. The highest BCUT2D eigenvalue weighted by atomic mass is 32.1. The van der Waals surface area contributed by atoms with Gasteiger partial charge in [0.25, 0.3) is 0 Å². The smallest absolute Gasteiger partial charge is 0.442 e. The molecule has 0 fully saturated rings. The van der Waals surface area contributed by atoms with Crippen molar-refractivity contribution in [3.8, 4) is 0 Å². The van der Waals surface area contributed by atoms with Gasteiger partial charge in [0.1, 0.15) is 0 Å². The summed E-state index contributed by atoms with van der Waals surface area (Å²) in [5.74, 6) is 0. The number of nitrogens with zero attached hydrogens (tertiary/aromatic N) is 1. The van der Waals surface area contributed by atoms with Crippen LogP contribution in [0.5, 0.6) is 0 Å². The lowest BCUT2D eigenvalue weighted by atomic mass is 10.1. The molecule has 0 saturated carbocycles. The molecule has 0 aromatic rings. The highest BCUT2D eigenvalue weighted by Crippen LogP contribution is 2.08. The van der Waals surface area contributed by atoms with E-state index in [0.29, 0.717) is 11.1 Å². The van der Waals surface area contributed by atoms with E-state index >= 15 is 0 Å². The normalized spacial score (nSPS) is 10.4. The van der Waals surface area contributed by atoms with Crippen molar-refractivity contribution < 1.29 is 14.7 Å². The first-order valence-electron chi connectivity index (χ1n) is 6.03. The van der Waals surface area contributed by atoms with Gasteiger partial charge in [-0.25, -0.2) is 4.79 Å². The number of hydroxylamine groups is 1. The van der Waals surface area contributed by atoms with E-state index in [-0.39, 0.29) is 0 Å². The molecule has 0 aromatic heterocycles. The first-order valence-corrected chi connectivity index (χ1v) is 6.43. The lowest BCUT2D eigenvalue weighted by molar-refractivity contribution is -0.0549. The van der Waals surface area contributed by atoms with Gasteiger partial charge in [-0.3, -0.25) is 4.84 Å². The lowest BCUT2D eigenvalue weighted by Gasteiger charge is -2.10. The van der Waals surface area contributed by atoms with Crippen molar-refractivity contribution in [1.29, 1.82) is 0 Å². The molecule has 0 radical (unpaired) electrons. The first-order chi connectivity index (χ1) is 7.68. The van der Waals surface area contributed by atoms with Gasteiger partial charge in [-0.1, -0.05) is 51.9 Å². The highest BCUT2D eigenvalue weighted by Gasteiger charge is 2.05. The predicted octanol–water partition coefficient (Wildman–Crippen LogP) is 3.88. The van der Waals surface area contributed by atoms with Crippen molar-refractivity contribution in [2.24, 2.45) is 0 Å². The zero-order valence-electron chi connectivity index (χ0n) is 10.0. The maximum absolute atomic E-state index is 10.3. The van der Waals surface area contributed by atoms with Gasteiger partial charge in [0.05, 0.1) is 6.61 Å². The van der Waals surface area contributed by atoms with Crippen LogP contribution in [0.3, 0.4) is 0 Å². The van der Waals surface area contributed by atoms with E-state index in [9.17, 15) is 4.79 Å². The highest BCUT2D eigenvalue weighted by molar-refractivity contribution is 7.78. The van der Waals surface area contributed by atoms with Gasteiger partial charge in [0.2, 0.25) is 0 Å². The number of carbonyl (C=O) groups is 1. The minimum absolute atomic E-state index is 0.421. The summed E-state index contributed by atoms with van der Waals surface area (Å²) in [5, 5.41) is 8.43. The molecule has 5 heteroatoms. The Morgan fingerprint density at radius 3 is 2.12 bits per heavy atom. The summed E-state index contributed by atoms with van der Waals surface area (Å²) in [6, 6.07) is 0. The number of unbranched alkanes of at least 4 members (excludes halogenated alkanes) is 7. The van der Waals surface area contributed by atoms with Crippen molar-refractivity contribution in [2.45, 2.75) is 58.3 Å². The van der Waals surface area contributed by atoms with Crippen LogP contribution in [-0.2, 0) is 4.84 Å². The minimum atomic E-state index is -1.18. The Labute approximate surface area is 103 Å². The zero-order chi connectivity index (χ0) is 12.2. The summed E-state index contributed by atoms with van der Waals surface area (Å²) in [6.45, 7) is 2.63. The molecule has 0 bridgehead atoms. The Balaban J connectivity index is 3.07. The molecular weight excluding hydrogens is 226 g/mol.